The molecule has 1 N–H and O–H groups in total. The maximum atomic E-state index is 13.4. The van der Waals surface area contributed by atoms with E-state index < -0.39 is 6.04 Å². The Morgan fingerprint density at radius 2 is 1.94 bits per heavy atom. The number of benzene rings is 1. The first kappa shape index (κ1) is 23.3. The van der Waals surface area contributed by atoms with Gasteiger partial charge in [0, 0.05) is 30.5 Å². The van der Waals surface area contributed by atoms with Gasteiger partial charge in [-0.25, -0.2) is 0 Å². The smallest absolute Gasteiger partial charge is 0.245 e. The summed E-state index contributed by atoms with van der Waals surface area (Å²) < 4.78 is 0. The maximum Gasteiger partial charge on any atom is 0.245 e. The number of carbonyl (C=O) groups excluding carboxylic acids is 2. The van der Waals surface area contributed by atoms with Crippen LogP contribution in [0, 0.1) is 11.3 Å². The standard InChI is InChI=1S/C25H32ClN3O2/c1-17(2)23(28-22(30)14-18-6-5-12-27-15-18)24(31)29-13-11-21(25(3,4)16-29)19-7-9-20(26)10-8-19/h5-10,12,15,17,21,23H,11,13-14,16H2,1-4H3,(H,28,30)/t21-,23-/m1/s1. The molecular formula is C25H32ClN3O2. The van der Waals surface area contributed by atoms with Gasteiger partial charge in [-0.1, -0.05) is 57.5 Å². The minimum Gasteiger partial charge on any atom is -0.344 e. The Balaban J connectivity index is 1.67. The van der Waals surface area contributed by atoms with Crippen molar-refractivity contribution in [1.29, 1.82) is 0 Å². The van der Waals surface area contributed by atoms with Gasteiger partial charge in [-0.2, -0.15) is 0 Å². The Bertz CT molecular complexity index is 897. The molecular weight excluding hydrogens is 410 g/mol. The SMILES string of the molecule is CC(C)[C@@H](NC(=O)Cc1cccnc1)C(=O)N1CC[C@H](c2ccc(Cl)cc2)C(C)(C)C1. The molecule has 0 saturated carbocycles. The van der Waals surface area contributed by atoms with Gasteiger partial charge in [-0.05, 0) is 53.0 Å². The Morgan fingerprint density at radius 3 is 2.52 bits per heavy atom. The molecule has 5 nitrogen and oxygen atoms in total. The summed E-state index contributed by atoms with van der Waals surface area (Å²) >= 11 is 6.05. The van der Waals surface area contributed by atoms with Crippen LogP contribution in [0.2, 0.25) is 5.02 Å². The molecule has 1 aromatic carbocycles. The summed E-state index contributed by atoms with van der Waals surface area (Å²) in [5.41, 5.74) is 2.01. The van der Waals surface area contributed by atoms with Gasteiger partial charge in [0.25, 0.3) is 0 Å². The first-order valence-corrected chi connectivity index (χ1v) is 11.3. The van der Waals surface area contributed by atoms with E-state index in [1.54, 1.807) is 18.5 Å². The summed E-state index contributed by atoms with van der Waals surface area (Å²) in [5, 5.41) is 3.70. The number of aromatic nitrogens is 1. The van der Waals surface area contributed by atoms with Crippen LogP contribution < -0.4 is 5.32 Å². The molecule has 2 amide bonds. The highest BCUT2D eigenvalue weighted by Crippen LogP contribution is 2.42. The average Bonchev–Trinajstić information content (AvgIpc) is 2.72. The number of rotatable bonds is 6. The predicted octanol–water partition coefficient (Wildman–Crippen LogP) is 4.46. The third-order valence-electron chi connectivity index (χ3n) is 6.15. The Hall–Kier alpha value is -2.40. The summed E-state index contributed by atoms with van der Waals surface area (Å²) in [5.74, 6) is 0.196. The van der Waals surface area contributed by atoms with E-state index in [9.17, 15) is 9.59 Å². The van der Waals surface area contributed by atoms with Crippen LogP contribution in [0.4, 0.5) is 0 Å². The molecule has 2 atom stereocenters. The first-order chi connectivity index (χ1) is 14.7. The molecule has 6 heteroatoms. The second-order valence-corrected chi connectivity index (χ2v) is 9.90. The largest absolute Gasteiger partial charge is 0.344 e. The predicted molar refractivity (Wildman–Crippen MR) is 124 cm³/mol. The molecule has 0 aliphatic carbocycles. The van der Waals surface area contributed by atoms with E-state index in [-0.39, 0.29) is 29.6 Å². The number of pyridine rings is 1. The number of hydrogen-bond donors (Lipinski definition) is 1. The molecule has 2 aromatic rings. The van der Waals surface area contributed by atoms with Crippen molar-refractivity contribution in [2.75, 3.05) is 13.1 Å². The van der Waals surface area contributed by atoms with E-state index in [4.69, 9.17) is 11.6 Å². The van der Waals surface area contributed by atoms with Crippen molar-refractivity contribution in [2.24, 2.45) is 11.3 Å². The van der Waals surface area contributed by atoms with Gasteiger partial charge >= 0.3 is 0 Å². The van der Waals surface area contributed by atoms with Crippen molar-refractivity contribution in [3.63, 3.8) is 0 Å². The zero-order valence-electron chi connectivity index (χ0n) is 18.8. The highest BCUT2D eigenvalue weighted by atomic mass is 35.5. The van der Waals surface area contributed by atoms with Crippen molar-refractivity contribution in [1.82, 2.24) is 15.2 Å². The number of halogens is 1. The molecule has 2 heterocycles. The quantitative estimate of drug-likeness (QED) is 0.719. The fourth-order valence-electron chi connectivity index (χ4n) is 4.48. The van der Waals surface area contributed by atoms with E-state index >= 15 is 0 Å². The molecule has 0 unspecified atom stereocenters. The lowest BCUT2D eigenvalue weighted by Gasteiger charge is -2.45. The monoisotopic (exact) mass is 441 g/mol. The minimum absolute atomic E-state index is 0.00227. The lowest BCUT2D eigenvalue weighted by molar-refractivity contribution is -0.140. The van der Waals surface area contributed by atoms with Crippen LogP contribution >= 0.6 is 11.6 Å². The zero-order valence-corrected chi connectivity index (χ0v) is 19.5. The number of carbonyl (C=O) groups is 2. The molecule has 1 aliphatic rings. The van der Waals surface area contributed by atoms with Crippen molar-refractivity contribution in [3.05, 3.63) is 64.9 Å². The van der Waals surface area contributed by atoms with E-state index in [0.29, 0.717) is 19.0 Å². The molecule has 0 radical (unpaired) electrons. The summed E-state index contributed by atoms with van der Waals surface area (Å²) in [4.78, 5) is 31.9. The third kappa shape index (κ3) is 5.85. The lowest BCUT2D eigenvalue weighted by Crippen LogP contribution is -2.56. The van der Waals surface area contributed by atoms with Gasteiger partial charge in [0.15, 0.2) is 0 Å². The second-order valence-electron chi connectivity index (χ2n) is 9.47. The van der Waals surface area contributed by atoms with E-state index in [2.05, 4.69) is 36.3 Å². The first-order valence-electron chi connectivity index (χ1n) is 10.9. The molecule has 3 rings (SSSR count). The van der Waals surface area contributed by atoms with Gasteiger partial charge in [0.2, 0.25) is 11.8 Å². The van der Waals surface area contributed by atoms with Crippen molar-refractivity contribution in [2.45, 2.75) is 52.5 Å². The molecule has 1 saturated heterocycles. The normalized spacial score (nSPS) is 19.2. The van der Waals surface area contributed by atoms with Crippen molar-refractivity contribution in [3.8, 4) is 0 Å². The number of hydrogen-bond acceptors (Lipinski definition) is 3. The zero-order chi connectivity index (χ0) is 22.6. The highest BCUT2D eigenvalue weighted by molar-refractivity contribution is 6.30. The van der Waals surface area contributed by atoms with Crippen LogP contribution in [-0.2, 0) is 16.0 Å². The number of nitrogens with one attached hydrogen (secondary N) is 1. The number of nitrogens with zero attached hydrogens (tertiary/aromatic N) is 2. The third-order valence-corrected chi connectivity index (χ3v) is 6.40. The van der Waals surface area contributed by atoms with Crippen LogP contribution in [0.5, 0.6) is 0 Å². The Morgan fingerprint density at radius 1 is 1.23 bits per heavy atom. The fraction of sp³-hybridized carbons (Fsp3) is 0.480. The van der Waals surface area contributed by atoms with Gasteiger partial charge in [-0.15, -0.1) is 0 Å². The number of piperidine rings is 1. The van der Waals surface area contributed by atoms with Crippen molar-refractivity contribution >= 4 is 23.4 Å². The number of amides is 2. The summed E-state index contributed by atoms with van der Waals surface area (Å²) in [6.45, 7) is 9.68. The number of likely N-dealkylation sites (tertiary alicyclic amines) is 1. The van der Waals surface area contributed by atoms with Crippen LogP contribution in [0.25, 0.3) is 0 Å². The topological polar surface area (TPSA) is 62.3 Å². The molecule has 1 aromatic heterocycles. The van der Waals surface area contributed by atoms with Gasteiger partial charge in [-0.3, -0.25) is 14.6 Å². The summed E-state index contributed by atoms with van der Waals surface area (Å²) in [7, 11) is 0. The van der Waals surface area contributed by atoms with E-state index in [1.165, 1.54) is 5.56 Å². The molecule has 1 aliphatic heterocycles. The van der Waals surface area contributed by atoms with Crippen LogP contribution in [0.15, 0.2) is 48.8 Å². The average molecular weight is 442 g/mol. The van der Waals surface area contributed by atoms with Crippen LogP contribution in [0.1, 0.15) is 51.2 Å². The summed E-state index contributed by atoms with van der Waals surface area (Å²) in [6, 6.07) is 11.2. The van der Waals surface area contributed by atoms with Gasteiger partial charge in [0.05, 0.1) is 6.42 Å². The second kappa shape index (κ2) is 9.82. The van der Waals surface area contributed by atoms with Crippen LogP contribution in [-0.4, -0.2) is 40.8 Å². The molecule has 1 fully saturated rings. The van der Waals surface area contributed by atoms with E-state index in [1.807, 2.05) is 36.9 Å². The van der Waals surface area contributed by atoms with Crippen molar-refractivity contribution < 1.29 is 9.59 Å². The van der Waals surface area contributed by atoms with Crippen LogP contribution in [0.3, 0.4) is 0 Å². The maximum absolute atomic E-state index is 13.4. The lowest BCUT2D eigenvalue weighted by atomic mass is 9.70. The van der Waals surface area contributed by atoms with Gasteiger partial charge < -0.3 is 10.2 Å². The Kier molecular flexibility index (Phi) is 7.37. The molecule has 0 spiro atoms. The van der Waals surface area contributed by atoms with E-state index in [0.717, 1.165) is 17.0 Å². The molecule has 0 bridgehead atoms. The highest BCUT2D eigenvalue weighted by Gasteiger charge is 2.40. The minimum atomic E-state index is -0.535. The summed E-state index contributed by atoms with van der Waals surface area (Å²) in [6.07, 6.45) is 4.45. The fourth-order valence-corrected chi connectivity index (χ4v) is 4.61. The molecule has 166 valence electrons. The Labute approximate surface area is 190 Å². The molecule has 31 heavy (non-hydrogen) atoms. The van der Waals surface area contributed by atoms with Gasteiger partial charge in [0.1, 0.15) is 6.04 Å².